The van der Waals surface area contributed by atoms with Gasteiger partial charge < -0.3 is 25.2 Å². The molecule has 0 radical (unpaired) electrons. The summed E-state index contributed by atoms with van der Waals surface area (Å²) in [5.41, 5.74) is -1.27. The Morgan fingerprint density at radius 2 is 1.49 bits per heavy atom. The molecule has 0 saturated heterocycles. The van der Waals surface area contributed by atoms with Crippen LogP contribution < -0.4 is 25.0 Å². The number of hydrogen-bond acceptors (Lipinski definition) is 7. The minimum atomic E-state index is -1.66. The van der Waals surface area contributed by atoms with Crippen LogP contribution in [0.1, 0.15) is 12.8 Å². The van der Waals surface area contributed by atoms with E-state index in [2.05, 4.69) is 15.6 Å². The Hall–Kier alpha value is -5.85. The number of halogens is 2. The fourth-order valence-electron chi connectivity index (χ4n) is 4.00. The molecule has 1 fully saturated rings. The van der Waals surface area contributed by atoms with Crippen molar-refractivity contribution in [3.05, 3.63) is 103 Å². The third-order valence-corrected chi connectivity index (χ3v) is 6.41. The number of nitrogens with one attached hydrogen (secondary N) is 2. The number of pyridine rings is 1. The molecule has 0 atom stereocenters. The van der Waals surface area contributed by atoms with Crippen molar-refractivity contribution < 1.29 is 42.5 Å². The number of hydrogen-bond donors (Lipinski definition) is 3. The fourth-order valence-corrected chi connectivity index (χ4v) is 4.00. The Morgan fingerprint density at radius 1 is 0.814 bits per heavy atom. The van der Waals surface area contributed by atoms with Crippen LogP contribution in [0.5, 0.6) is 17.2 Å². The molecule has 4 aromatic rings. The molecular formula is C30H22F2N4O7. The average Bonchev–Trinajstić information content (AvgIpc) is 3.79. The van der Waals surface area contributed by atoms with E-state index in [4.69, 9.17) is 9.47 Å². The lowest BCUT2D eigenvalue weighted by atomic mass is 10.0. The van der Waals surface area contributed by atoms with Gasteiger partial charge in [0.15, 0.2) is 5.82 Å². The normalized spacial score (nSPS) is 12.9. The number of benzene rings is 3. The van der Waals surface area contributed by atoms with Crippen molar-refractivity contribution in [3.63, 3.8) is 0 Å². The van der Waals surface area contributed by atoms with E-state index in [0.717, 1.165) is 12.1 Å². The lowest BCUT2D eigenvalue weighted by Crippen LogP contribution is -2.38. The SMILES string of the molecule is O=C(O)N(C(=O)Oc1ccccc1)c1cc(Oc2ccc(NC(=O)C3(C(=O)Nc4ccc(F)cc4)CC3)c(F)c2)ccn1. The smallest absolute Gasteiger partial charge is 0.430 e. The van der Waals surface area contributed by atoms with Gasteiger partial charge in [-0.1, -0.05) is 18.2 Å². The second-order valence-corrected chi connectivity index (χ2v) is 9.39. The minimum absolute atomic E-state index is 0.0171. The van der Waals surface area contributed by atoms with Gasteiger partial charge in [0, 0.05) is 24.0 Å². The monoisotopic (exact) mass is 588 g/mol. The molecule has 0 unspecified atom stereocenters. The van der Waals surface area contributed by atoms with Gasteiger partial charge in [-0.25, -0.2) is 23.4 Å². The molecule has 1 aliphatic rings. The molecule has 3 N–H and O–H groups in total. The zero-order valence-corrected chi connectivity index (χ0v) is 22.1. The number of anilines is 3. The number of rotatable bonds is 8. The first-order chi connectivity index (χ1) is 20.6. The standard InChI is InChI=1S/C30H22F2N4O7/c31-18-6-8-19(9-7-18)34-26(37)30(13-14-30)27(38)35-24-11-10-21(16-23(24)32)42-22-12-15-33-25(17-22)36(28(39)40)29(41)43-20-4-2-1-3-5-20/h1-12,15-17H,13-14H2,(H,34,37)(H,35,38)(H,39,40). The molecule has 43 heavy (non-hydrogen) atoms. The lowest BCUT2D eigenvalue weighted by molar-refractivity contribution is -0.131. The second-order valence-electron chi connectivity index (χ2n) is 9.39. The Morgan fingerprint density at radius 3 is 2.14 bits per heavy atom. The van der Waals surface area contributed by atoms with Crippen molar-refractivity contribution in [3.8, 4) is 17.2 Å². The molecule has 1 aliphatic carbocycles. The maximum Gasteiger partial charge on any atom is 0.430 e. The summed E-state index contributed by atoms with van der Waals surface area (Å²) in [5, 5.41) is 14.6. The highest BCUT2D eigenvalue weighted by Gasteiger charge is 2.56. The Kier molecular flexibility index (Phi) is 7.96. The maximum atomic E-state index is 14.9. The van der Waals surface area contributed by atoms with Gasteiger partial charge in [0.1, 0.15) is 34.3 Å². The van der Waals surface area contributed by atoms with Crippen molar-refractivity contribution >= 4 is 41.2 Å². The first kappa shape index (κ1) is 28.7. The van der Waals surface area contributed by atoms with Crippen LogP contribution in [0.2, 0.25) is 0 Å². The third kappa shape index (κ3) is 6.56. The molecule has 218 valence electrons. The Labute approximate surface area is 242 Å². The van der Waals surface area contributed by atoms with Gasteiger partial charge in [-0.15, -0.1) is 0 Å². The molecule has 13 heteroatoms. The van der Waals surface area contributed by atoms with Gasteiger partial charge >= 0.3 is 12.2 Å². The summed E-state index contributed by atoms with van der Waals surface area (Å²) in [6.45, 7) is 0. The van der Waals surface area contributed by atoms with Crippen molar-refractivity contribution in [2.75, 3.05) is 15.5 Å². The minimum Gasteiger partial charge on any atom is -0.464 e. The van der Waals surface area contributed by atoms with Crippen LogP contribution >= 0.6 is 0 Å². The molecule has 0 spiro atoms. The van der Waals surface area contributed by atoms with Crippen molar-refractivity contribution in [2.45, 2.75) is 12.8 Å². The molecular weight excluding hydrogens is 566 g/mol. The van der Waals surface area contributed by atoms with Crippen LogP contribution in [0.4, 0.5) is 35.6 Å². The molecule has 1 aromatic heterocycles. The summed E-state index contributed by atoms with van der Waals surface area (Å²) in [7, 11) is 0. The number of aromatic nitrogens is 1. The molecule has 1 heterocycles. The van der Waals surface area contributed by atoms with Crippen LogP contribution in [0.15, 0.2) is 91.1 Å². The Balaban J connectivity index is 1.25. The summed E-state index contributed by atoms with van der Waals surface area (Å²) in [5.74, 6) is -2.84. The number of nitrogens with zero attached hydrogens (tertiary/aromatic N) is 2. The highest BCUT2D eigenvalue weighted by atomic mass is 19.1. The van der Waals surface area contributed by atoms with Crippen LogP contribution in [0.25, 0.3) is 0 Å². The number of imide groups is 1. The first-order valence-electron chi connectivity index (χ1n) is 12.8. The van der Waals surface area contributed by atoms with Crippen LogP contribution in [0, 0.1) is 17.0 Å². The molecule has 0 aliphatic heterocycles. The van der Waals surface area contributed by atoms with Crippen LogP contribution in [-0.4, -0.2) is 34.1 Å². The summed E-state index contributed by atoms with van der Waals surface area (Å²) in [6, 6.07) is 19.0. The van der Waals surface area contributed by atoms with Gasteiger partial charge in [-0.2, -0.15) is 4.90 Å². The van der Waals surface area contributed by atoms with Gasteiger partial charge in [0.2, 0.25) is 11.8 Å². The number of para-hydroxylation sites is 1. The zero-order valence-electron chi connectivity index (χ0n) is 22.1. The van der Waals surface area contributed by atoms with E-state index < -0.39 is 41.1 Å². The average molecular weight is 589 g/mol. The Bertz CT molecular complexity index is 1700. The van der Waals surface area contributed by atoms with Gasteiger partial charge in [-0.05, 0) is 67.4 Å². The first-order valence-corrected chi connectivity index (χ1v) is 12.8. The van der Waals surface area contributed by atoms with Crippen LogP contribution in [0.3, 0.4) is 0 Å². The lowest BCUT2D eigenvalue weighted by Gasteiger charge is -2.17. The number of ether oxygens (including phenoxy) is 2. The van der Waals surface area contributed by atoms with Crippen LogP contribution in [-0.2, 0) is 9.59 Å². The van der Waals surface area contributed by atoms with E-state index in [-0.39, 0.29) is 46.5 Å². The predicted molar refractivity (Wildman–Crippen MR) is 149 cm³/mol. The number of carbonyl (C=O) groups is 4. The third-order valence-electron chi connectivity index (χ3n) is 6.41. The molecule has 1 saturated carbocycles. The molecule has 0 bridgehead atoms. The summed E-state index contributed by atoms with van der Waals surface area (Å²) >= 11 is 0. The summed E-state index contributed by atoms with van der Waals surface area (Å²) < 4.78 is 38.8. The summed E-state index contributed by atoms with van der Waals surface area (Å²) in [4.78, 5) is 54.2. The summed E-state index contributed by atoms with van der Waals surface area (Å²) in [6.07, 6.45) is -1.19. The maximum absolute atomic E-state index is 14.9. The van der Waals surface area contributed by atoms with Gasteiger partial charge in [0.05, 0.1) is 5.69 Å². The largest absolute Gasteiger partial charge is 0.464 e. The van der Waals surface area contributed by atoms with E-state index in [1.165, 1.54) is 60.8 Å². The topological polar surface area (TPSA) is 147 Å². The number of amides is 4. The van der Waals surface area contributed by atoms with E-state index in [1.54, 1.807) is 18.2 Å². The number of carboxylic acid groups (broad SMARTS) is 1. The fraction of sp³-hybridized carbons (Fsp3) is 0.100. The van der Waals surface area contributed by atoms with E-state index >= 15 is 0 Å². The van der Waals surface area contributed by atoms with E-state index in [9.17, 15) is 33.1 Å². The highest BCUT2D eigenvalue weighted by molar-refractivity contribution is 6.17. The molecule has 11 nitrogen and oxygen atoms in total. The number of carbonyl (C=O) groups excluding carboxylic acids is 3. The van der Waals surface area contributed by atoms with E-state index in [1.807, 2.05) is 0 Å². The highest BCUT2D eigenvalue weighted by Crippen LogP contribution is 2.47. The van der Waals surface area contributed by atoms with Crippen molar-refractivity contribution in [2.24, 2.45) is 5.41 Å². The van der Waals surface area contributed by atoms with E-state index in [0.29, 0.717) is 5.69 Å². The van der Waals surface area contributed by atoms with Gasteiger partial charge in [0.25, 0.3) is 0 Å². The predicted octanol–water partition coefficient (Wildman–Crippen LogP) is 6.19. The van der Waals surface area contributed by atoms with Crippen molar-refractivity contribution in [1.82, 2.24) is 4.98 Å². The quantitative estimate of drug-likeness (QED) is 0.206. The van der Waals surface area contributed by atoms with Gasteiger partial charge in [-0.3, -0.25) is 9.59 Å². The molecule has 4 amide bonds. The second kappa shape index (κ2) is 11.9. The van der Waals surface area contributed by atoms with Crippen molar-refractivity contribution in [1.29, 1.82) is 0 Å². The zero-order chi connectivity index (χ0) is 30.6. The molecule has 3 aromatic carbocycles. The molecule has 5 rings (SSSR count).